The number of rotatable bonds is 11. The fraction of sp³-hybridized carbons (Fsp3) is 0.182. The predicted molar refractivity (Wildman–Crippen MR) is 133 cm³/mol. The lowest BCUT2D eigenvalue weighted by Gasteiger charge is -2.31. The van der Waals surface area contributed by atoms with E-state index in [0.29, 0.717) is 17.0 Å². The van der Waals surface area contributed by atoms with Crippen molar-refractivity contribution in [2.24, 2.45) is 0 Å². The number of halogens is 9. The molecule has 21 heteroatoms. The van der Waals surface area contributed by atoms with Crippen LogP contribution in [0.4, 0.5) is 39.5 Å². The second kappa shape index (κ2) is 11.5. The maximum absolute atomic E-state index is 14.4. The highest BCUT2D eigenvalue weighted by atomic mass is 32.3. The minimum absolute atomic E-state index is 0.411. The Balaban J connectivity index is 1.95. The summed E-state index contributed by atoms with van der Waals surface area (Å²) in [6, 6.07) is 20.8. The topological polar surface area (TPSA) is 124 Å². The molecular formula is C22H15F9NO7S4+. The van der Waals surface area contributed by atoms with Gasteiger partial charge in [-0.3, -0.25) is 0 Å². The fourth-order valence-electron chi connectivity index (χ4n) is 3.07. The third-order valence-electron chi connectivity index (χ3n) is 5.13. The van der Waals surface area contributed by atoms with Crippen LogP contribution in [-0.4, -0.2) is 47.2 Å². The molecule has 3 aromatic carbocycles. The normalized spacial score (nSPS) is 14.1. The first-order valence-corrected chi connectivity index (χ1v) is 16.4. The molecule has 0 aliphatic rings. The van der Waals surface area contributed by atoms with Gasteiger partial charge in [0.1, 0.15) is 5.75 Å². The van der Waals surface area contributed by atoms with Crippen molar-refractivity contribution in [2.45, 2.75) is 36.6 Å². The molecule has 0 aromatic heterocycles. The van der Waals surface area contributed by atoms with E-state index in [-0.39, 0.29) is 0 Å². The Morgan fingerprint density at radius 1 is 0.535 bits per heavy atom. The van der Waals surface area contributed by atoms with E-state index < -0.39 is 72.9 Å². The zero-order valence-corrected chi connectivity index (χ0v) is 23.7. The number of hydrogen-bond donors (Lipinski definition) is 1. The van der Waals surface area contributed by atoms with Crippen LogP contribution >= 0.6 is 0 Å². The summed E-state index contributed by atoms with van der Waals surface area (Å²) < 4.78 is 194. The van der Waals surface area contributed by atoms with Gasteiger partial charge in [-0.2, -0.15) is 47.9 Å². The van der Waals surface area contributed by atoms with Crippen molar-refractivity contribution in [3.05, 3.63) is 84.9 Å². The van der Waals surface area contributed by atoms with Crippen molar-refractivity contribution in [3.8, 4) is 5.75 Å². The Bertz CT molecular complexity index is 1730. The van der Waals surface area contributed by atoms with E-state index in [0.717, 1.165) is 21.9 Å². The largest absolute Gasteiger partial charge is 0.512 e. The number of benzene rings is 3. The molecule has 0 fully saturated rings. The number of alkyl halides is 9. The lowest BCUT2D eigenvalue weighted by atomic mass is 10.3. The predicted octanol–water partition coefficient (Wildman–Crippen LogP) is 5.08. The summed E-state index contributed by atoms with van der Waals surface area (Å²) in [5.74, 6) is -8.72. The van der Waals surface area contributed by atoms with E-state index in [1.807, 2.05) is 0 Å². The summed E-state index contributed by atoms with van der Waals surface area (Å²) in [5.41, 5.74) is -6.67. The zero-order chi connectivity index (χ0) is 32.7. The highest BCUT2D eigenvalue weighted by Gasteiger charge is 2.83. The molecule has 0 heterocycles. The van der Waals surface area contributed by atoms with E-state index in [1.165, 1.54) is 0 Å². The summed E-state index contributed by atoms with van der Waals surface area (Å²) >= 11 is 0. The first-order chi connectivity index (χ1) is 19.5. The molecule has 3 rings (SSSR count). The molecule has 236 valence electrons. The first kappa shape index (κ1) is 34.5. The molecule has 1 N–H and O–H groups in total. The Hall–Kier alpha value is -3.01. The van der Waals surface area contributed by atoms with E-state index in [4.69, 9.17) is 0 Å². The molecule has 8 nitrogen and oxygen atoms in total. The minimum Gasteiger partial charge on any atom is -0.378 e. The first-order valence-electron chi connectivity index (χ1n) is 10.8. The van der Waals surface area contributed by atoms with E-state index in [9.17, 15) is 64.8 Å². The maximum atomic E-state index is 14.4. The second-order valence-corrected chi connectivity index (χ2v) is 15.4. The van der Waals surface area contributed by atoms with Gasteiger partial charge in [0.25, 0.3) is 10.0 Å². The molecule has 3 aromatic rings. The Kier molecular flexibility index (Phi) is 9.21. The summed E-state index contributed by atoms with van der Waals surface area (Å²) in [7, 11) is -23.4. The van der Waals surface area contributed by atoms with Crippen molar-refractivity contribution >= 4 is 41.1 Å². The van der Waals surface area contributed by atoms with Crippen LogP contribution in [-0.2, 0) is 41.1 Å². The van der Waals surface area contributed by atoms with Crippen molar-refractivity contribution < 1.29 is 69.0 Å². The highest BCUT2D eigenvalue weighted by Crippen LogP contribution is 2.51. The summed E-state index contributed by atoms with van der Waals surface area (Å²) in [6.07, 6.45) is 0. The van der Waals surface area contributed by atoms with Crippen molar-refractivity contribution in [3.63, 3.8) is 0 Å². The average molecular weight is 705 g/mol. The third-order valence-corrected chi connectivity index (χ3v) is 12.0. The van der Waals surface area contributed by atoms with Crippen LogP contribution in [0.25, 0.3) is 0 Å². The number of hydrogen-bond acceptors (Lipinski definition) is 7. The Morgan fingerprint density at radius 3 is 1.33 bits per heavy atom. The standard InChI is InChI=1S/C22H15F9NO7S4/c23-19(24,20(25,26)41(33,34)32-42(35,36)22(29,30)31)21(27,28)43(37,38)39-15-11-13-18(14-12-15)40(16-7-3-1-4-8-16)17-9-5-2-6-10-17/h1-14,32H/q+1. The van der Waals surface area contributed by atoms with Gasteiger partial charge in [-0.15, -0.1) is 0 Å². The summed E-state index contributed by atoms with van der Waals surface area (Å²) in [4.78, 5) is 1.87. The van der Waals surface area contributed by atoms with Gasteiger partial charge in [0.2, 0.25) is 0 Å². The Morgan fingerprint density at radius 2 is 0.930 bits per heavy atom. The lowest BCUT2D eigenvalue weighted by Crippen LogP contribution is -2.64. The molecule has 0 saturated heterocycles. The molecule has 0 saturated carbocycles. The van der Waals surface area contributed by atoms with Crippen LogP contribution < -0.4 is 8.31 Å². The average Bonchev–Trinajstić information content (AvgIpc) is 2.89. The molecule has 0 spiro atoms. The monoisotopic (exact) mass is 704 g/mol. The van der Waals surface area contributed by atoms with Gasteiger partial charge in [0.05, 0.1) is 10.9 Å². The van der Waals surface area contributed by atoms with Crippen molar-refractivity contribution in [1.82, 2.24) is 4.13 Å². The minimum atomic E-state index is -7.88. The summed E-state index contributed by atoms with van der Waals surface area (Å²) in [5, 5.41) is -14.6. The summed E-state index contributed by atoms with van der Waals surface area (Å²) in [6.45, 7) is 0. The van der Waals surface area contributed by atoms with Crippen LogP contribution in [0.2, 0.25) is 0 Å². The smallest absolute Gasteiger partial charge is 0.378 e. The maximum Gasteiger partial charge on any atom is 0.512 e. The van der Waals surface area contributed by atoms with Gasteiger partial charge in [-0.25, -0.2) is 16.8 Å². The Labute approximate surface area is 241 Å². The third kappa shape index (κ3) is 6.44. The van der Waals surface area contributed by atoms with Gasteiger partial charge < -0.3 is 4.18 Å². The number of sulfonamides is 2. The van der Waals surface area contributed by atoms with Gasteiger partial charge >= 0.3 is 42.1 Å². The highest BCUT2D eigenvalue weighted by molar-refractivity contribution is 8.05. The molecule has 0 aliphatic heterocycles. The van der Waals surface area contributed by atoms with Gasteiger partial charge in [-0.1, -0.05) is 40.5 Å². The van der Waals surface area contributed by atoms with Gasteiger partial charge in [0.15, 0.2) is 14.7 Å². The quantitative estimate of drug-likeness (QED) is 0.168. The molecule has 0 radical (unpaired) electrons. The van der Waals surface area contributed by atoms with E-state index in [2.05, 4.69) is 4.18 Å². The van der Waals surface area contributed by atoms with Crippen LogP contribution in [0.1, 0.15) is 0 Å². The van der Waals surface area contributed by atoms with Crippen LogP contribution in [0.3, 0.4) is 0 Å². The van der Waals surface area contributed by atoms with Crippen LogP contribution in [0.15, 0.2) is 99.6 Å². The zero-order valence-electron chi connectivity index (χ0n) is 20.5. The fourth-order valence-corrected chi connectivity index (χ4v) is 8.55. The van der Waals surface area contributed by atoms with E-state index in [1.54, 1.807) is 60.7 Å². The molecule has 0 atom stereocenters. The number of nitrogens with one attached hydrogen (secondary N) is 1. The van der Waals surface area contributed by atoms with Gasteiger partial charge in [-0.05, 0) is 48.5 Å². The van der Waals surface area contributed by atoms with E-state index >= 15 is 0 Å². The van der Waals surface area contributed by atoms with Crippen LogP contribution in [0, 0.1) is 0 Å². The van der Waals surface area contributed by atoms with Gasteiger partial charge in [0, 0.05) is 0 Å². The molecule has 0 bridgehead atoms. The van der Waals surface area contributed by atoms with Crippen molar-refractivity contribution in [1.29, 1.82) is 0 Å². The van der Waals surface area contributed by atoms with Crippen LogP contribution in [0.5, 0.6) is 5.75 Å². The molecule has 43 heavy (non-hydrogen) atoms. The second-order valence-electron chi connectivity index (χ2n) is 8.09. The lowest BCUT2D eigenvalue weighted by molar-refractivity contribution is -0.245. The molecule has 0 amide bonds. The molecule has 0 aliphatic carbocycles. The molecular weight excluding hydrogens is 689 g/mol. The molecule has 0 unspecified atom stereocenters. The van der Waals surface area contributed by atoms with Crippen molar-refractivity contribution in [2.75, 3.05) is 0 Å². The SMILES string of the molecule is O=S(=O)(NS(=O)(=O)C(F)(F)C(F)(F)C(F)(F)S(=O)(=O)Oc1ccc([S+](c2ccccc2)c2ccccc2)cc1)C(F)(F)F.